The van der Waals surface area contributed by atoms with Crippen LogP contribution in [0.5, 0.6) is 0 Å². The highest BCUT2D eigenvalue weighted by atomic mass is 35.5. The molecule has 0 saturated carbocycles. The van der Waals surface area contributed by atoms with Gasteiger partial charge < -0.3 is 21.3 Å². The summed E-state index contributed by atoms with van der Waals surface area (Å²) in [7, 11) is 0. The first-order valence-corrected chi connectivity index (χ1v) is 9.54. The lowest BCUT2D eigenvalue weighted by Gasteiger charge is -2.16. The zero-order chi connectivity index (χ0) is 21.5. The minimum absolute atomic E-state index is 0.0473. The van der Waals surface area contributed by atoms with Crippen molar-refractivity contribution in [3.8, 4) is 0 Å². The highest BCUT2D eigenvalue weighted by Crippen LogP contribution is 2.20. The smallest absolute Gasteiger partial charge is 0.323 e. The highest BCUT2D eigenvalue weighted by Gasteiger charge is 2.15. The van der Waals surface area contributed by atoms with Crippen molar-refractivity contribution in [2.24, 2.45) is 0 Å². The maximum absolute atomic E-state index is 13.9. The number of hydrogen-bond acceptors (Lipinski definition) is 3. The van der Waals surface area contributed by atoms with E-state index in [-0.39, 0.29) is 16.7 Å². The van der Waals surface area contributed by atoms with Crippen LogP contribution >= 0.6 is 11.6 Å². The molecule has 0 radical (unpaired) electrons. The zero-order valence-corrected chi connectivity index (χ0v) is 16.8. The van der Waals surface area contributed by atoms with Crippen LogP contribution in [0.15, 0.2) is 72.8 Å². The predicted octanol–water partition coefficient (Wildman–Crippen LogP) is 5.56. The Morgan fingerprint density at radius 2 is 1.50 bits per heavy atom. The fourth-order valence-corrected chi connectivity index (χ4v) is 2.81. The molecule has 0 bridgehead atoms. The third kappa shape index (κ3) is 5.96. The molecular formula is C22H20ClFN4O2. The molecule has 3 amide bonds. The first-order chi connectivity index (χ1) is 14.4. The Labute approximate surface area is 178 Å². The third-order valence-corrected chi connectivity index (χ3v) is 4.35. The molecule has 30 heavy (non-hydrogen) atoms. The SMILES string of the molecule is C[C@@H](Nc1cccc(NC(=O)Nc2ccccc2)c1)C(=O)Nc1ccc(Cl)cc1F. The number of rotatable bonds is 6. The van der Waals surface area contributed by atoms with Crippen molar-refractivity contribution in [3.05, 3.63) is 83.6 Å². The van der Waals surface area contributed by atoms with Gasteiger partial charge in [-0.3, -0.25) is 4.79 Å². The number of hydrogen-bond donors (Lipinski definition) is 4. The summed E-state index contributed by atoms with van der Waals surface area (Å²) in [4.78, 5) is 24.5. The molecule has 0 aromatic heterocycles. The minimum Gasteiger partial charge on any atom is -0.374 e. The zero-order valence-electron chi connectivity index (χ0n) is 16.1. The Morgan fingerprint density at radius 3 is 2.23 bits per heavy atom. The number of urea groups is 1. The van der Waals surface area contributed by atoms with Gasteiger partial charge in [0, 0.05) is 22.1 Å². The number of para-hydroxylation sites is 1. The molecule has 4 N–H and O–H groups in total. The van der Waals surface area contributed by atoms with Crippen molar-refractivity contribution in [2.75, 3.05) is 21.3 Å². The summed E-state index contributed by atoms with van der Waals surface area (Å²) in [6, 6.07) is 19.0. The van der Waals surface area contributed by atoms with Gasteiger partial charge in [-0.05, 0) is 55.5 Å². The van der Waals surface area contributed by atoms with Gasteiger partial charge in [0.2, 0.25) is 5.91 Å². The van der Waals surface area contributed by atoms with Crippen LogP contribution in [0.25, 0.3) is 0 Å². The Bertz CT molecular complexity index is 1050. The van der Waals surface area contributed by atoms with Crippen LogP contribution in [0.4, 0.5) is 31.9 Å². The maximum Gasteiger partial charge on any atom is 0.323 e. The third-order valence-electron chi connectivity index (χ3n) is 4.12. The average molecular weight is 427 g/mol. The number of benzene rings is 3. The van der Waals surface area contributed by atoms with Crippen molar-refractivity contribution >= 4 is 46.3 Å². The van der Waals surface area contributed by atoms with Crippen molar-refractivity contribution in [1.29, 1.82) is 0 Å². The summed E-state index contributed by atoms with van der Waals surface area (Å²) >= 11 is 5.72. The van der Waals surface area contributed by atoms with Gasteiger partial charge in [-0.25, -0.2) is 9.18 Å². The summed E-state index contributed by atoms with van der Waals surface area (Å²) < 4.78 is 13.9. The first kappa shape index (κ1) is 21.1. The van der Waals surface area contributed by atoms with E-state index in [1.165, 1.54) is 12.1 Å². The summed E-state index contributed by atoms with van der Waals surface area (Å²) in [6.45, 7) is 1.64. The normalized spacial score (nSPS) is 11.3. The van der Waals surface area contributed by atoms with E-state index >= 15 is 0 Å². The Balaban J connectivity index is 1.58. The Kier molecular flexibility index (Phi) is 6.87. The number of nitrogens with one attached hydrogen (secondary N) is 4. The Morgan fingerprint density at radius 1 is 0.833 bits per heavy atom. The maximum atomic E-state index is 13.9. The van der Waals surface area contributed by atoms with E-state index < -0.39 is 17.8 Å². The molecular weight excluding hydrogens is 407 g/mol. The second kappa shape index (κ2) is 9.76. The molecule has 0 unspecified atom stereocenters. The summed E-state index contributed by atoms with van der Waals surface area (Å²) in [5.74, 6) is -1.03. The topological polar surface area (TPSA) is 82.3 Å². The summed E-state index contributed by atoms with van der Waals surface area (Å²) in [5, 5.41) is 11.2. The number of anilines is 4. The first-order valence-electron chi connectivity index (χ1n) is 9.16. The van der Waals surface area contributed by atoms with Crippen LogP contribution < -0.4 is 21.3 Å². The van der Waals surface area contributed by atoms with Gasteiger partial charge >= 0.3 is 6.03 Å². The van der Waals surface area contributed by atoms with E-state index in [0.717, 1.165) is 6.07 Å². The number of amides is 3. The fourth-order valence-electron chi connectivity index (χ4n) is 2.65. The van der Waals surface area contributed by atoms with E-state index in [2.05, 4.69) is 21.3 Å². The molecule has 3 aromatic rings. The molecule has 154 valence electrons. The van der Waals surface area contributed by atoms with Gasteiger partial charge in [-0.2, -0.15) is 0 Å². The van der Waals surface area contributed by atoms with Crippen molar-refractivity contribution < 1.29 is 14.0 Å². The predicted molar refractivity (Wildman–Crippen MR) is 119 cm³/mol. The molecule has 0 aliphatic heterocycles. The van der Waals surface area contributed by atoms with Gasteiger partial charge in [-0.1, -0.05) is 35.9 Å². The monoisotopic (exact) mass is 426 g/mol. The molecule has 0 spiro atoms. The quantitative estimate of drug-likeness (QED) is 0.416. The lowest BCUT2D eigenvalue weighted by molar-refractivity contribution is -0.116. The molecule has 3 aromatic carbocycles. The second-order valence-electron chi connectivity index (χ2n) is 6.51. The van der Waals surface area contributed by atoms with E-state index in [0.29, 0.717) is 17.1 Å². The van der Waals surface area contributed by atoms with Gasteiger partial charge in [0.25, 0.3) is 0 Å². The number of halogens is 2. The standard InChI is InChI=1S/C22H20ClFN4O2/c1-14(21(29)28-20-11-10-15(23)12-19(20)24)25-17-8-5-9-18(13-17)27-22(30)26-16-6-3-2-4-7-16/h2-14,25H,1H3,(H,28,29)(H2,26,27,30)/t14-/m1/s1. The Hall–Kier alpha value is -3.58. The second-order valence-corrected chi connectivity index (χ2v) is 6.94. The lowest BCUT2D eigenvalue weighted by Crippen LogP contribution is -2.32. The molecule has 0 aliphatic rings. The van der Waals surface area contributed by atoms with Gasteiger partial charge in [0.15, 0.2) is 0 Å². The number of carbonyl (C=O) groups is 2. The molecule has 0 saturated heterocycles. The van der Waals surface area contributed by atoms with Gasteiger partial charge in [0.1, 0.15) is 11.9 Å². The van der Waals surface area contributed by atoms with Crippen LogP contribution in [0.1, 0.15) is 6.92 Å². The molecule has 1 atom stereocenters. The van der Waals surface area contributed by atoms with E-state index in [1.54, 1.807) is 43.3 Å². The molecule has 0 fully saturated rings. The summed E-state index contributed by atoms with van der Waals surface area (Å²) in [6.07, 6.45) is 0. The minimum atomic E-state index is -0.659. The van der Waals surface area contributed by atoms with E-state index in [9.17, 15) is 14.0 Å². The van der Waals surface area contributed by atoms with Crippen LogP contribution in [0.3, 0.4) is 0 Å². The average Bonchev–Trinajstić information content (AvgIpc) is 2.71. The molecule has 8 heteroatoms. The molecule has 6 nitrogen and oxygen atoms in total. The lowest BCUT2D eigenvalue weighted by atomic mass is 10.2. The largest absolute Gasteiger partial charge is 0.374 e. The van der Waals surface area contributed by atoms with Crippen molar-refractivity contribution in [3.63, 3.8) is 0 Å². The van der Waals surface area contributed by atoms with Crippen LogP contribution in [-0.4, -0.2) is 18.0 Å². The molecule has 3 rings (SSSR count). The van der Waals surface area contributed by atoms with E-state index in [4.69, 9.17) is 11.6 Å². The van der Waals surface area contributed by atoms with Gasteiger partial charge in [-0.15, -0.1) is 0 Å². The molecule has 0 aliphatic carbocycles. The highest BCUT2D eigenvalue weighted by molar-refractivity contribution is 6.30. The number of carbonyl (C=O) groups excluding carboxylic acids is 2. The van der Waals surface area contributed by atoms with Crippen molar-refractivity contribution in [1.82, 2.24) is 0 Å². The van der Waals surface area contributed by atoms with Crippen molar-refractivity contribution in [2.45, 2.75) is 13.0 Å². The van der Waals surface area contributed by atoms with Crippen LogP contribution in [0.2, 0.25) is 5.02 Å². The summed E-state index contributed by atoms with van der Waals surface area (Å²) in [5.41, 5.74) is 1.88. The van der Waals surface area contributed by atoms with E-state index in [1.807, 2.05) is 18.2 Å². The van der Waals surface area contributed by atoms with Crippen LogP contribution in [-0.2, 0) is 4.79 Å². The van der Waals surface area contributed by atoms with Gasteiger partial charge in [0.05, 0.1) is 5.69 Å². The fraction of sp³-hybridized carbons (Fsp3) is 0.0909. The van der Waals surface area contributed by atoms with Crippen LogP contribution in [0, 0.1) is 5.82 Å². The molecule has 0 heterocycles.